The molecule has 0 bridgehead atoms. The molecule has 0 fully saturated rings. The molecule has 1 aromatic rings. The molecule has 0 amide bonds. The Morgan fingerprint density at radius 1 is 1.00 bits per heavy atom. The summed E-state index contributed by atoms with van der Waals surface area (Å²) in [6.07, 6.45) is 10.1. The Bertz CT molecular complexity index is 476. The number of rotatable bonds is 9. The van der Waals surface area contributed by atoms with Crippen LogP contribution in [0.2, 0.25) is 0 Å². The molecule has 118 valence electrons. The van der Waals surface area contributed by atoms with Crippen LogP contribution in [-0.2, 0) is 9.47 Å². The van der Waals surface area contributed by atoms with Gasteiger partial charge in [0, 0.05) is 5.41 Å². The second-order valence-corrected chi connectivity index (χ2v) is 5.84. The number of ether oxygens (including phenoxy) is 2. The second-order valence-electron chi connectivity index (χ2n) is 5.84. The third-order valence-electron chi connectivity index (χ3n) is 4.25. The van der Waals surface area contributed by atoms with Crippen LogP contribution in [0.4, 0.5) is 0 Å². The molecule has 2 nitrogen and oxygen atoms in total. The zero-order chi connectivity index (χ0) is 15.7. The van der Waals surface area contributed by atoms with Crippen molar-refractivity contribution in [2.75, 3.05) is 26.4 Å². The van der Waals surface area contributed by atoms with Gasteiger partial charge in [0.25, 0.3) is 0 Å². The van der Waals surface area contributed by atoms with Gasteiger partial charge in [-0.25, -0.2) is 0 Å². The first-order chi connectivity index (χ1) is 10.8. The van der Waals surface area contributed by atoms with Crippen LogP contribution < -0.4 is 0 Å². The SMILES string of the molecule is C=CCOCC1(COCC=C)CC=CCC1c1ccccc1. The molecule has 0 spiro atoms. The van der Waals surface area contributed by atoms with Crippen LogP contribution in [0.15, 0.2) is 67.8 Å². The highest BCUT2D eigenvalue weighted by atomic mass is 16.5. The predicted octanol–water partition coefficient (Wildman–Crippen LogP) is 4.51. The number of allylic oxidation sites excluding steroid dienone is 2. The molecular formula is C20H26O2. The van der Waals surface area contributed by atoms with Crippen molar-refractivity contribution < 1.29 is 9.47 Å². The Labute approximate surface area is 134 Å². The minimum absolute atomic E-state index is 0.0257. The van der Waals surface area contributed by atoms with E-state index in [1.54, 1.807) is 12.2 Å². The van der Waals surface area contributed by atoms with Crippen LogP contribution >= 0.6 is 0 Å². The van der Waals surface area contributed by atoms with Crippen molar-refractivity contribution in [1.82, 2.24) is 0 Å². The van der Waals surface area contributed by atoms with E-state index in [0.717, 1.165) is 12.8 Å². The van der Waals surface area contributed by atoms with Crippen molar-refractivity contribution in [2.24, 2.45) is 5.41 Å². The fourth-order valence-electron chi connectivity index (χ4n) is 3.17. The van der Waals surface area contributed by atoms with Gasteiger partial charge in [0.2, 0.25) is 0 Å². The first kappa shape index (κ1) is 16.7. The van der Waals surface area contributed by atoms with Crippen molar-refractivity contribution in [3.8, 4) is 0 Å². The maximum absolute atomic E-state index is 5.85. The van der Waals surface area contributed by atoms with Gasteiger partial charge in [0.1, 0.15) is 0 Å². The van der Waals surface area contributed by atoms with Gasteiger partial charge >= 0.3 is 0 Å². The lowest BCUT2D eigenvalue weighted by molar-refractivity contribution is -0.0265. The third kappa shape index (κ3) is 4.19. The van der Waals surface area contributed by atoms with Gasteiger partial charge in [0.15, 0.2) is 0 Å². The highest BCUT2D eigenvalue weighted by Gasteiger charge is 2.40. The summed E-state index contributed by atoms with van der Waals surface area (Å²) in [6.45, 7) is 9.99. The largest absolute Gasteiger partial charge is 0.377 e. The van der Waals surface area contributed by atoms with Gasteiger partial charge in [0.05, 0.1) is 26.4 Å². The Hall–Kier alpha value is -1.64. The molecule has 2 rings (SSSR count). The molecule has 1 unspecified atom stereocenters. The zero-order valence-electron chi connectivity index (χ0n) is 13.2. The first-order valence-corrected chi connectivity index (χ1v) is 7.89. The molecule has 0 aliphatic heterocycles. The van der Waals surface area contributed by atoms with Crippen LogP contribution in [0.5, 0.6) is 0 Å². The Morgan fingerprint density at radius 3 is 2.23 bits per heavy atom. The van der Waals surface area contributed by atoms with E-state index < -0.39 is 0 Å². The summed E-state index contributed by atoms with van der Waals surface area (Å²) in [5, 5.41) is 0. The van der Waals surface area contributed by atoms with Crippen molar-refractivity contribution in [3.05, 3.63) is 73.4 Å². The molecule has 22 heavy (non-hydrogen) atoms. The summed E-state index contributed by atoms with van der Waals surface area (Å²) in [7, 11) is 0. The van der Waals surface area contributed by atoms with Crippen LogP contribution in [0.3, 0.4) is 0 Å². The van der Waals surface area contributed by atoms with E-state index in [2.05, 4.69) is 55.6 Å². The summed E-state index contributed by atoms with van der Waals surface area (Å²) in [5.41, 5.74) is 1.33. The molecule has 0 aromatic heterocycles. The summed E-state index contributed by atoms with van der Waals surface area (Å²) >= 11 is 0. The van der Waals surface area contributed by atoms with Crippen molar-refractivity contribution >= 4 is 0 Å². The van der Waals surface area contributed by atoms with E-state index in [4.69, 9.17) is 9.47 Å². The molecular weight excluding hydrogens is 272 g/mol. The number of hydrogen-bond acceptors (Lipinski definition) is 2. The molecule has 1 atom stereocenters. The highest BCUT2D eigenvalue weighted by Crippen LogP contribution is 2.45. The van der Waals surface area contributed by atoms with Crippen molar-refractivity contribution in [1.29, 1.82) is 0 Å². The van der Waals surface area contributed by atoms with E-state index in [0.29, 0.717) is 32.3 Å². The van der Waals surface area contributed by atoms with E-state index in [-0.39, 0.29) is 5.41 Å². The summed E-state index contributed by atoms with van der Waals surface area (Å²) < 4.78 is 11.7. The van der Waals surface area contributed by atoms with Gasteiger partial charge < -0.3 is 9.47 Å². The van der Waals surface area contributed by atoms with Crippen LogP contribution in [0.25, 0.3) is 0 Å². The molecule has 1 aliphatic rings. The van der Waals surface area contributed by atoms with Gasteiger partial charge in [-0.05, 0) is 24.3 Å². The van der Waals surface area contributed by atoms with Gasteiger partial charge in [-0.2, -0.15) is 0 Å². The maximum atomic E-state index is 5.85. The molecule has 2 heteroatoms. The lowest BCUT2D eigenvalue weighted by Gasteiger charge is -2.42. The van der Waals surface area contributed by atoms with Crippen LogP contribution in [-0.4, -0.2) is 26.4 Å². The first-order valence-electron chi connectivity index (χ1n) is 7.89. The number of benzene rings is 1. The fourth-order valence-corrected chi connectivity index (χ4v) is 3.17. The Morgan fingerprint density at radius 2 is 1.64 bits per heavy atom. The predicted molar refractivity (Wildman–Crippen MR) is 92.0 cm³/mol. The molecule has 0 N–H and O–H groups in total. The molecule has 1 aliphatic carbocycles. The van der Waals surface area contributed by atoms with Crippen molar-refractivity contribution in [3.63, 3.8) is 0 Å². The maximum Gasteiger partial charge on any atom is 0.0645 e. The van der Waals surface area contributed by atoms with Crippen LogP contribution in [0.1, 0.15) is 24.3 Å². The molecule has 0 radical (unpaired) electrons. The average Bonchev–Trinajstić information content (AvgIpc) is 2.57. The normalized spacial score (nSPS) is 19.7. The average molecular weight is 298 g/mol. The summed E-state index contributed by atoms with van der Waals surface area (Å²) in [5.74, 6) is 0.410. The zero-order valence-corrected chi connectivity index (χ0v) is 13.2. The van der Waals surface area contributed by atoms with E-state index in [9.17, 15) is 0 Å². The summed E-state index contributed by atoms with van der Waals surface area (Å²) in [4.78, 5) is 0. The lowest BCUT2D eigenvalue weighted by atomic mass is 9.67. The van der Waals surface area contributed by atoms with Crippen LogP contribution in [0, 0.1) is 5.41 Å². The topological polar surface area (TPSA) is 18.5 Å². The minimum Gasteiger partial charge on any atom is -0.377 e. The molecule has 0 saturated carbocycles. The molecule has 0 heterocycles. The van der Waals surface area contributed by atoms with Gasteiger partial charge in [-0.3, -0.25) is 0 Å². The standard InChI is InChI=1S/C20H26O2/c1-3-14-21-16-20(17-22-15-4-2)13-9-8-12-19(20)18-10-6-5-7-11-18/h3-11,19H,1-2,12-17H2. The monoisotopic (exact) mass is 298 g/mol. The van der Waals surface area contributed by atoms with Gasteiger partial charge in [-0.15, -0.1) is 13.2 Å². The Kier molecular flexibility index (Phi) is 6.63. The number of hydrogen-bond donors (Lipinski definition) is 0. The second kappa shape index (κ2) is 8.72. The molecule has 0 saturated heterocycles. The van der Waals surface area contributed by atoms with Crippen molar-refractivity contribution in [2.45, 2.75) is 18.8 Å². The lowest BCUT2D eigenvalue weighted by Crippen LogP contribution is -2.39. The quantitative estimate of drug-likeness (QED) is 0.493. The van der Waals surface area contributed by atoms with E-state index in [1.165, 1.54) is 5.56 Å². The Balaban J connectivity index is 2.22. The van der Waals surface area contributed by atoms with E-state index in [1.807, 2.05) is 0 Å². The smallest absolute Gasteiger partial charge is 0.0645 e. The molecule has 1 aromatic carbocycles. The highest BCUT2D eigenvalue weighted by molar-refractivity contribution is 5.25. The fraction of sp³-hybridized carbons (Fsp3) is 0.400. The third-order valence-corrected chi connectivity index (χ3v) is 4.25. The van der Waals surface area contributed by atoms with Gasteiger partial charge in [-0.1, -0.05) is 54.6 Å². The minimum atomic E-state index is -0.0257. The summed E-state index contributed by atoms with van der Waals surface area (Å²) in [6, 6.07) is 10.7. The van der Waals surface area contributed by atoms with E-state index >= 15 is 0 Å².